The van der Waals surface area contributed by atoms with Crippen molar-refractivity contribution in [2.24, 2.45) is 0 Å². The van der Waals surface area contributed by atoms with Crippen LogP contribution in [0.5, 0.6) is 5.75 Å². The van der Waals surface area contributed by atoms with Gasteiger partial charge in [-0.25, -0.2) is 4.79 Å². The van der Waals surface area contributed by atoms with Gasteiger partial charge >= 0.3 is 5.97 Å². The summed E-state index contributed by atoms with van der Waals surface area (Å²) >= 11 is 4.95. The second-order valence-corrected chi connectivity index (χ2v) is 6.44. The number of carbonyl (C=O) groups is 2. The first-order valence-electron chi connectivity index (χ1n) is 6.45. The van der Waals surface area contributed by atoms with E-state index in [2.05, 4.69) is 21.2 Å². The molecule has 2 N–H and O–H groups in total. The van der Waals surface area contributed by atoms with E-state index in [9.17, 15) is 9.59 Å². The Balaban J connectivity index is 2.14. The van der Waals surface area contributed by atoms with Gasteiger partial charge in [0.25, 0.3) is 0 Å². The molecule has 21 heavy (non-hydrogen) atoms. The van der Waals surface area contributed by atoms with Crippen LogP contribution in [-0.4, -0.2) is 41.1 Å². The second kappa shape index (κ2) is 9.68. The van der Waals surface area contributed by atoms with Crippen LogP contribution in [0.15, 0.2) is 28.7 Å². The van der Waals surface area contributed by atoms with Crippen molar-refractivity contribution in [3.05, 3.63) is 28.7 Å². The fourth-order valence-electron chi connectivity index (χ4n) is 1.56. The molecule has 1 aromatic rings. The molecule has 1 atom stereocenters. The van der Waals surface area contributed by atoms with E-state index >= 15 is 0 Å². The predicted molar refractivity (Wildman–Crippen MR) is 86.8 cm³/mol. The van der Waals surface area contributed by atoms with E-state index in [0.717, 1.165) is 16.0 Å². The van der Waals surface area contributed by atoms with Crippen LogP contribution < -0.4 is 10.1 Å². The van der Waals surface area contributed by atoms with E-state index in [0.29, 0.717) is 18.8 Å². The molecule has 0 aliphatic heterocycles. The number of hydrogen-bond acceptors (Lipinski definition) is 4. The van der Waals surface area contributed by atoms with E-state index in [1.54, 1.807) is 11.8 Å². The largest absolute Gasteiger partial charge is 0.493 e. The summed E-state index contributed by atoms with van der Waals surface area (Å²) in [5.41, 5.74) is 0. The number of aliphatic carboxylic acids is 1. The molecule has 0 spiro atoms. The highest BCUT2D eigenvalue weighted by Crippen LogP contribution is 2.16. The number of carboxylic acid groups (broad SMARTS) is 1. The number of hydrogen-bond donors (Lipinski definition) is 2. The molecule has 0 saturated carbocycles. The summed E-state index contributed by atoms with van der Waals surface area (Å²) in [7, 11) is 0. The maximum absolute atomic E-state index is 10.9. The quantitative estimate of drug-likeness (QED) is 0.648. The first-order chi connectivity index (χ1) is 9.99. The Morgan fingerprint density at radius 2 is 2.00 bits per heavy atom. The average Bonchev–Trinajstić information content (AvgIpc) is 2.42. The number of amides is 1. The van der Waals surface area contributed by atoms with Gasteiger partial charge in [0.15, 0.2) is 0 Å². The summed E-state index contributed by atoms with van der Waals surface area (Å²) in [6, 6.07) is 6.76. The summed E-state index contributed by atoms with van der Waals surface area (Å²) in [5, 5.41) is 11.4. The summed E-state index contributed by atoms with van der Waals surface area (Å²) < 4.78 is 6.55. The maximum atomic E-state index is 10.9. The van der Waals surface area contributed by atoms with Gasteiger partial charge in [-0.3, -0.25) is 4.79 Å². The van der Waals surface area contributed by atoms with Crippen LogP contribution in [0.1, 0.15) is 13.3 Å². The lowest BCUT2D eigenvalue weighted by molar-refractivity contribution is -0.141. The standard InChI is InChI=1S/C14H18BrNO4S/c1-10(17)16-13(14(18)19)6-8-21-9-7-20-12-4-2-11(15)3-5-12/h2-5,13H,6-9H2,1H3,(H,16,17)(H,18,19). The van der Waals surface area contributed by atoms with E-state index in [4.69, 9.17) is 9.84 Å². The Morgan fingerprint density at radius 1 is 1.33 bits per heavy atom. The number of rotatable bonds is 9. The van der Waals surface area contributed by atoms with Gasteiger partial charge in [0.05, 0.1) is 6.61 Å². The van der Waals surface area contributed by atoms with E-state index in [1.165, 1.54) is 6.92 Å². The fraction of sp³-hybridized carbons (Fsp3) is 0.429. The number of carboxylic acids is 1. The number of ether oxygens (including phenoxy) is 1. The molecule has 7 heteroatoms. The topological polar surface area (TPSA) is 75.6 Å². The monoisotopic (exact) mass is 375 g/mol. The smallest absolute Gasteiger partial charge is 0.326 e. The molecule has 0 aliphatic rings. The third-order valence-electron chi connectivity index (χ3n) is 2.54. The molecule has 0 aromatic heterocycles. The van der Waals surface area contributed by atoms with Crippen molar-refractivity contribution in [3.8, 4) is 5.75 Å². The van der Waals surface area contributed by atoms with Crippen LogP contribution >= 0.6 is 27.7 Å². The van der Waals surface area contributed by atoms with Crippen LogP contribution in [0.3, 0.4) is 0 Å². The van der Waals surface area contributed by atoms with Crippen LogP contribution in [0.4, 0.5) is 0 Å². The maximum Gasteiger partial charge on any atom is 0.326 e. The molecule has 1 unspecified atom stereocenters. The lowest BCUT2D eigenvalue weighted by Gasteiger charge is -2.12. The highest BCUT2D eigenvalue weighted by atomic mass is 79.9. The van der Waals surface area contributed by atoms with Crippen molar-refractivity contribution in [3.63, 3.8) is 0 Å². The zero-order valence-electron chi connectivity index (χ0n) is 11.7. The van der Waals surface area contributed by atoms with Gasteiger partial charge in [0, 0.05) is 17.1 Å². The first-order valence-corrected chi connectivity index (χ1v) is 8.40. The molecule has 1 amide bonds. The molecule has 1 rings (SSSR count). The highest BCUT2D eigenvalue weighted by molar-refractivity contribution is 9.10. The zero-order chi connectivity index (χ0) is 15.7. The van der Waals surface area contributed by atoms with Crippen LogP contribution in [0.2, 0.25) is 0 Å². The molecule has 0 heterocycles. The van der Waals surface area contributed by atoms with E-state index in [-0.39, 0.29) is 5.91 Å². The Labute approximate surface area is 136 Å². The molecule has 0 radical (unpaired) electrons. The Morgan fingerprint density at radius 3 is 2.57 bits per heavy atom. The number of halogens is 1. The zero-order valence-corrected chi connectivity index (χ0v) is 14.1. The van der Waals surface area contributed by atoms with Crippen molar-refractivity contribution < 1.29 is 19.4 Å². The fourth-order valence-corrected chi connectivity index (χ4v) is 2.63. The third-order valence-corrected chi connectivity index (χ3v) is 4.04. The van der Waals surface area contributed by atoms with E-state index < -0.39 is 12.0 Å². The van der Waals surface area contributed by atoms with Gasteiger partial charge in [-0.2, -0.15) is 11.8 Å². The molecular formula is C14H18BrNO4S. The number of carbonyl (C=O) groups excluding carboxylic acids is 1. The SMILES string of the molecule is CC(=O)NC(CCSCCOc1ccc(Br)cc1)C(=O)O. The number of thioether (sulfide) groups is 1. The second-order valence-electron chi connectivity index (χ2n) is 4.29. The summed E-state index contributed by atoms with van der Waals surface area (Å²) in [6.07, 6.45) is 0.401. The predicted octanol–water partition coefficient (Wildman–Crippen LogP) is 2.54. The van der Waals surface area contributed by atoms with Crippen LogP contribution in [0, 0.1) is 0 Å². The Bertz CT molecular complexity index is 467. The molecular weight excluding hydrogens is 358 g/mol. The van der Waals surface area contributed by atoms with Gasteiger partial charge < -0.3 is 15.2 Å². The minimum absolute atomic E-state index is 0.328. The molecule has 0 saturated heterocycles. The van der Waals surface area contributed by atoms with Crippen LogP contribution in [0.25, 0.3) is 0 Å². The molecule has 5 nitrogen and oxygen atoms in total. The summed E-state index contributed by atoms with van der Waals surface area (Å²) in [5.74, 6) is 0.895. The van der Waals surface area contributed by atoms with Gasteiger partial charge in [-0.05, 0) is 36.4 Å². The average molecular weight is 376 g/mol. The van der Waals surface area contributed by atoms with Crippen molar-refractivity contribution in [2.75, 3.05) is 18.1 Å². The normalized spacial score (nSPS) is 11.7. The highest BCUT2D eigenvalue weighted by Gasteiger charge is 2.17. The third kappa shape index (κ3) is 7.96. The van der Waals surface area contributed by atoms with E-state index in [1.807, 2.05) is 24.3 Å². The van der Waals surface area contributed by atoms with Crippen molar-refractivity contribution in [1.29, 1.82) is 0 Å². The van der Waals surface area contributed by atoms with Gasteiger partial charge in [-0.1, -0.05) is 15.9 Å². The minimum atomic E-state index is -1.00. The van der Waals surface area contributed by atoms with Crippen LogP contribution in [-0.2, 0) is 9.59 Å². The Hall–Kier alpha value is -1.21. The van der Waals surface area contributed by atoms with Gasteiger partial charge in [-0.15, -0.1) is 0 Å². The summed E-state index contributed by atoms with van der Waals surface area (Å²) in [6.45, 7) is 1.87. The van der Waals surface area contributed by atoms with Crippen molar-refractivity contribution in [2.45, 2.75) is 19.4 Å². The molecule has 0 aliphatic carbocycles. The van der Waals surface area contributed by atoms with Crippen molar-refractivity contribution in [1.82, 2.24) is 5.32 Å². The molecule has 0 fully saturated rings. The lowest BCUT2D eigenvalue weighted by Crippen LogP contribution is -2.39. The van der Waals surface area contributed by atoms with Gasteiger partial charge in [0.1, 0.15) is 11.8 Å². The Kier molecular flexibility index (Phi) is 8.22. The van der Waals surface area contributed by atoms with Gasteiger partial charge in [0.2, 0.25) is 5.91 Å². The summed E-state index contributed by atoms with van der Waals surface area (Å²) in [4.78, 5) is 21.8. The minimum Gasteiger partial charge on any atom is -0.493 e. The molecule has 0 bridgehead atoms. The molecule has 116 valence electrons. The number of nitrogens with one attached hydrogen (secondary N) is 1. The first kappa shape index (κ1) is 17.8. The molecule has 1 aromatic carbocycles. The van der Waals surface area contributed by atoms with Crippen molar-refractivity contribution >= 4 is 39.6 Å². The lowest BCUT2D eigenvalue weighted by atomic mass is 10.2. The number of benzene rings is 1.